The number of alkyl halides is 7. The van der Waals surface area contributed by atoms with Crippen LogP contribution in [0.2, 0.25) is 0 Å². The molecule has 2 aromatic rings. The van der Waals surface area contributed by atoms with Crippen LogP contribution in [-0.2, 0) is 12.5 Å². The Hall–Kier alpha value is -2.06. The summed E-state index contributed by atoms with van der Waals surface area (Å²) in [7, 11) is 0. The fourth-order valence-electron chi connectivity index (χ4n) is 2.58. The van der Waals surface area contributed by atoms with Crippen molar-refractivity contribution in [3.8, 4) is 0 Å². The Morgan fingerprint density at radius 3 is 2.04 bits per heavy atom. The first-order chi connectivity index (χ1) is 10.9. The summed E-state index contributed by atoms with van der Waals surface area (Å²) < 4.78 is 93.0. The molecule has 0 aliphatic heterocycles. The highest BCUT2D eigenvalue weighted by molar-refractivity contribution is 5.83. The zero-order valence-electron chi connectivity index (χ0n) is 12.5. The quantitative estimate of drug-likeness (QED) is 0.737. The maximum absolute atomic E-state index is 14.1. The van der Waals surface area contributed by atoms with Crippen LogP contribution >= 0.6 is 0 Å². The van der Waals surface area contributed by atoms with E-state index in [0.29, 0.717) is 0 Å². The lowest BCUT2D eigenvalue weighted by Crippen LogP contribution is -2.52. The SMILES string of the molecule is CCn1c(=O)c(C(F)(F)C(F)(F)C(F)(F)F)c(C)c2ccccc21. The van der Waals surface area contributed by atoms with Crippen LogP contribution in [0.15, 0.2) is 29.1 Å². The molecule has 0 spiro atoms. The Kier molecular flexibility index (Phi) is 4.18. The van der Waals surface area contributed by atoms with Crippen molar-refractivity contribution < 1.29 is 30.7 Å². The van der Waals surface area contributed by atoms with Gasteiger partial charge in [0.15, 0.2) is 0 Å². The van der Waals surface area contributed by atoms with E-state index in [1.165, 1.54) is 31.2 Å². The molecule has 2 nitrogen and oxygen atoms in total. The molecule has 0 saturated carbocycles. The summed E-state index contributed by atoms with van der Waals surface area (Å²) in [6.07, 6.45) is -6.50. The Morgan fingerprint density at radius 1 is 1.00 bits per heavy atom. The predicted octanol–water partition coefficient (Wildman–Crippen LogP) is 4.62. The van der Waals surface area contributed by atoms with Crippen molar-refractivity contribution in [2.75, 3.05) is 0 Å². The highest BCUT2D eigenvalue weighted by Gasteiger charge is 2.74. The van der Waals surface area contributed by atoms with Gasteiger partial charge in [-0.2, -0.15) is 30.7 Å². The Bertz CT molecular complexity index is 836. The fraction of sp³-hybridized carbons (Fsp3) is 0.400. The van der Waals surface area contributed by atoms with Crippen molar-refractivity contribution in [2.24, 2.45) is 0 Å². The molecule has 0 bridgehead atoms. The van der Waals surface area contributed by atoms with Gasteiger partial charge in [-0.25, -0.2) is 0 Å². The molecule has 0 fully saturated rings. The molecule has 9 heteroatoms. The van der Waals surface area contributed by atoms with Crippen molar-refractivity contribution in [2.45, 2.75) is 38.4 Å². The summed E-state index contributed by atoms with van der Waals surface area (Å²) in [4.78, 5) is 12.2. The third-order valence-electron chi connectivity index (χ3n) is 3.81. The zero-order valence-corrected chi connectivity index (χ0v) is 12.5. The molecule has 2 rings (SSSR count). The minimum atomic E-state index is -6.50. The van der Waals surface area contributed by atoms with Crippen LogP contribution in [0, 0.1) is 6.92 Å². The monoisotopic (exact) mass is 355 g/mol. The zero-order chi connectivity index (χ0) is 18.5. The Balaban J connectivity index is 2.95. The fourth-order valence-corrected chi connectivity index (χ4v) is 2.58. The summed E-state index contributed by atoms with van der Waals surface area (Å²) in [6, 6.07) is 5.58. The molecule has 0 aliphatic rings. The van der Waals surface area contributed by atoms with Crippen LogP contribution in [0.4, 0.5) is 30.7 Å². The first-order valence-electron chi connectivity index (χ1n) is 6.82. The van der Waals surface area contributed by atoms with Crippen LogP contribution < -0.4 is 5.56 Å². The number of hydrogen-bond acceptors (Lipinski definition) is 1. The number of aromatic nitrogens is 1. The van der Waals surface area contributed by atoms with Gasteiger partial charge in [-0.05, 0) is 25.5 Å². The van der Waals surface area contributed by atoms with Gasteiger partial charge in [0.05, 0.1) is 11.1 Å². The van der Waals surface area contributed by atoms with Crippen LogP contribution in [0.25, 0.3) is 10.9 Å². The van der Waals surface area contributed by atoms with E-state index < -0.39 is 34.7 Å². The van der Waals surface area contributed by atoms with E-state index in [4.69, 9.17) is 0 Å². The van der Waals surface area contributed by atoms with Gasteiger partial charge in [-0.15, -0.1) is 0 Å². The highest BCUT2D eigenvalue weighted by atomic mass is 19.4. The molecule has 1 heterocycles. The van der Waals surface area contributed by atoms with Gasteiger partial charge in [0.2, 0.25) is 0 Å². The van der Waals surface area contributed by atoms with Gasteiger partial charge in [0, 0.05) is 11.9 Å². The van der Waals surface area contributed by atoms with Crippen molar-refractivity contribution in [3.05, 3.63) is 45.7 Å². The van der Waals surface area contributed by atoms with Crippen LogP contribution in [0.3, 0.4) is 0 Å². The molecular formula is C15H12F7NO. The molecule has 0 radical (unpaired) electrons. The number of nitrogens with zero attached hydrogens (tertiary/aromatic N) is 1. The number of halogens is 7. The van der Waals surface area contributed by atoms with E-state index in [-0.39, 0.29) is 17.4 Å². The molecule has 0 amide bonds. The number of pyridine rings is 1. The van der Waals surface area contributed by atoms with Crippen LogP contribution in [0.5, 0.6) is 0 Å². The molecule has 1 aromatic heterocycles. The summed E-state index contributed by atoms with van der Waals surface area (Å²) in [5.41, 5.74) is -3.83. The average Bonchev–Trinajstić information content (AvgIpc) is 2.46. The minimum Gasteiger partial charge on any atom is -0.308 e. The third kappa shape index (κ3) is 2.37. The molecule has 0 atom stereocenters. The lowest BCUT2D eigenvalue weighted by atomic mass is 9.95. The molecule has 0 N–H and O–H groups in total. The second kappa shape index (κ2) is 5.49. The lowest BCUT2D eigenvalue weighted by Gasteiger charge is -2.29. The molecule has 132 valence electrons. The van der Waals surface area contributed by atoms with Gasteiger partial charge < -0.3 is 4.57 Å². The molecule has 1 aromatic carbocycles. The standard InChI is InChI=1S/C15H12F7NO/c1-3-23-10-7-5-4-6-9(10)8(2)11(12(23)24)13(16,17)14(18,19)15(20,21)22/h4-7H,3H2,1-2H3. The van der Waals surface area contributed by atoms with E-state index in [1.54, 1.807) is 0 Å². The molecule has 0 unspecified atom stereocenters. The van der Waals surface area contributed by atoms with Crippen molar-refractivity contribution in [1.29, 1.82) is 0 Å². The lowest BCUT2D eigenvalue weighted by molar-refractivity contribution is -0.360. The van der Waals surface area contributed by atoms with Crippen LogP contribution in [-0.4, -0.2) is 16.7 Å². The van der Waals surface area contributed by atoms with Gasteiger partial charge in [0.25, 0.3) is 5.56 Å². The van der Waals surface area contributed by atoms with E-state index >= 15 is 0 Å². The maximum Gasteiger partial charge on any atom is 0.460 e. The predicted molar refractivity (Wildman–Crippen MR) is 73.5 cm³/mol. The molecule has 24 heavy (non-hydrogen) atoms. The number of rotatable bonds is 3. The molecular weight excluding hydrogens is 343 g/mol. The Labute approximate surface area is 131 Å². The molecule has 0 saturated heterocycles. The number of benzene rings is 1. The smallest absolute Gasteiger partial charge is 0.308 e. The second-order valence-electron chi connectivity index (χ2n) is 5.21. The normalized spacial score (nSPS) is 13.5. The minimum absolute atomic E-state index is 0.00611. The van der Waals surface area contributed by atoms with Gasteiger partial charge in [-0.3, -0.25) is 4.79 Å². The first-order valence-corrected chi connectivity index (χ1v) is 6.82. The van der Waals surface area contributed by atoms with Gasteiger partial charge in [-0.1, -0.05) is 18.2 Å². The number of hydrogen-bond donors (Lipinski definition) is 0. The summed E-state index contributed by atoms with van der Waals surface area (Å²) in [6.45, 7) is 2.16. The van der Waals surface area contributed by atoms with Crippen molar-refractivity contribution in [3.63, 3.8) is 0 Å². The second-order valence-corrected chi connectivity index (χ2v) is 5.21. The maximum atomic E-state index is 14.1. The van der Waals surface area contributed by atoms with Gasteiger partial charge >= 0.3 is 18.0 Å². The third-order valence-corrected chi connectivity index (χ3v) is 3.81. The molecule has 0 aliphatic carbocycles. The number of fused-ring (bicyclic) bond motifs is 1. The van der Waals surface area contributed by atoms with E-state index in [2.05, 4.69) is 0 Å². The summed E-state index contributed by atoms with van der Waals surface area (Å²) in [5, 5.41) is 0.00611. The number of para-hydroxylation sites is 1. The van der Waals surface area contributed by atoms with E-state index in [9.17, 15) is 35.5 Å². The van der Waals surface area contributed by atoms with E-state index in [1.807, 2.05) is 0 Å². The largest absolute Gasteiger partial charge is 0.460 e. The van der Waals surface area contributed by atoms with Crippen LogP contribution in [0.1, 0.15) is 18.1 Å². The average molecular weight is 355 g/mol. The first kappa shape index (κ1) is 18.3. The van der Waals surface area contributed by atoms with Crippen molar-refractivity contribution >= 4 is 10.9 Å². The number of aryl methyl sites for hydroxylation is 2. The topological polar surface area (TPSA) is 22.0 Å². The van der Waals surface area contributed by atoms with Crippen molar-refractivity contribution in [1.82, 2.24) is 4.57 Å². The summed E-state index contributed by atoms with van der Waals surface area (Å²) >= 11 is 0. The Morgan fingerprint density at radius 2 is 1.54 bits per heavy atom. The van der Waals surface area contributed by atoms with E-state index in [0.717, 1.165) is 11.5 Å². The highest BCUT2D eigenvalue weighted by Crippen LogP contribution is 2.52. The van der Waals surface area contributed by atoms with Gasteiger partial charge in [0.1, 0.15) is 0 Å². The summed E-state index contributed by atoms with van der Waals surface area (Å²) in [5.74, 6) is -12.1.